The zero-order valence-corrected chi connectivity index (χ0v) is 12.7. The van der Waals surface area contributed by atoms with E-state index in [2.05, 4.69) is 17.3 Å². The van der Waals surface area contributed by atoms with E-state index in [9.17, 15) is 8.42 Å². The van der Waals surface area contributed by atoms with Crippen molar-refractivity contribution in [3.8, 4) is 0 Å². The van der Waals surface area contributed by atoms with Gasteiger partial charge in [0, 0.05) is 19.1 Å². The summed E-state index contributed by atoms with van der Waals surface area (Å²) < 4.78 is 22.6. The first-order valence-corrected chi connectivity index (χ1v) is 8.54. The molecular weight excluding hydrogens is 274 g/mol. The number of sulfonamides is 1. The van der Waals surface area contributed by atoms with Crippen molar-refractivity contribution < 1.29 is 8.42 Å². The molecule has 0 radical (unpaired) electrons. The number of likely N-dealkylation sites (tertiary alicyclic amines) is 1. The first kappa shape index (κ1) is 15.4. The van der Waals surface area contributed by atoms with Crippen LogP contribution in [0.2, 0.25) is 0 Å². The van der Waals surface area contributed by atoms with Gasteiger partial charge in [-0.3, -0.25) is 0 Å². The molecule has 3 N–H and O–H groups in total. The maximum atomic E-state index is 11.3. The lowest BCUT2D eigenvalue weighted by molar-refractivity contribution is 0.181. The van der Waals surface area contributed by atoms with Crippen LogP contribution >= 0.6 is 0 Å². The zero-order valence-electron chi connectivity index (χ0n) is 11.9. The normalized spacial score (nSPS) is 21.0. The highest BCUT2D eigenvalue weighted by Gasteiger charge is 2.18. The second-order valence-corrected chi connectivity index (χ2v) is 7.01. The average molecular weight is 297 g/mol. The van der Waals surface area contributed by atoms with E-state index in [-0.39, 0.29) is 4.90 Å². The Hall–Kier alpha value is -0.950. The Morgan fingerprint density at radius 3 is 2.90 bits per heavy atom. The van der Waals surface area contributed by atoms with Gasteiger partial charge in [-0.1, -0.05) is 18.6 Å². The monoisotopic (exact) mass is 297 g/mol. The molecule has 5 nitrogen and oxygen atoms in total. The van der Waals surface area contributed by atoms with E-state index in [0.717, 1.165) is 18.7 Å². The lowest BCUT2D eigenvalue weighted by Crippen LogP contribution is -2.42. The van der Waals surface area contributed by atoms with Crippen LogP contribution in [0.25, 0.3) is 0 Å². The van der Waals surface area contributed by atoms with Gasteiger partial charge in [-0.2, -0.15) is 0 Å². The number of piperidine rings is 1. The molecule has 1 aromatic carbocycles. The van der Waals surface area contributed by atoms with Crippen molar-refractivity contribution in [1.29, 1.82) is 0 Å². The molecule has 112 valence electrons. The summed E-state index contributed by atoms with van der Waals surface area (Å²) in [6, 6.07) is 7.36. The molecule has 0 spiro atoms. The van der Waals surface area contributed by atoms with Crippen molar-refractivity contribution in [2.45, 2.75) is 36.7 Å². The lowest BCUT2D eigenvalue weighted by atomic mass is 10.0. The molecule has 0 saturated carbocycles. The summed E-state index contributed by atoms with van der Waals surface area (Å²) in [7, 11) is -1.46. The van der Waals surface area contributed by atoms with E-state index in [4.69, 9.17) is 5.14 Å². The van der Waals surface area contributed by atoms with Crippen LogP contribution in [0.1, 0.15) is 24.8 Å². The van der Waals surface area contributed by atoms with Crippen molar-refractivity contribution in [1.82, 2.24) is 10.2 Å². The number of nitrogens with one attached hydrogen (secondary N) is 1. The second-order valence-electron chi connectivity index (χ2n) is 5.45. The minimum absolute atomic E-state index is 0.173. The quantitative estimate of drug-likeness (QED) is 0.847. The number of rotatable bonds is 5. The Balaban J connectivity index is 1.88. The molecule has 0 bridgehead atoms. The van der Waals surface area contributed by atoms with Crippen LogP contribution in [0.15, 0.2) is 29.2 Å². The van der Waals surface area contributed by atoms with Crippen molar-refractivity contribution >= 4 is 10.0 Å². The minimum Gasteiger partial charge on any atom is -0.311 e. The molecule has 1 aromatic rings. The molecule has 1 aliphatic rings. The van der Waals surface area contributed by atoms with Gasteiger partial charge in [0.1, 0.15) is 0 Å². The standard InChI is InChI=1S/C14H23N3O2S/c1-17-8-3-2-6-13(17)11-16-10-12-5-4-7-14(9-12)20(15,18)19/h4-5,7,9,13,16H,2-3,6,8,10-11H2,1H3,(H2,15,18,19). The molecule has 0 amide bonds. The SMILES string of the molecule is CN1CCCCC1CNCc1cccc(S(N)(=O)=O)c1. The van der Waals surface area contributed by atoms with Crippen LogP contribution in [-0.2, 0) is 16.6 Å². The zero-order chi connectivity index (χ0) is 14.6. The van der Waals surface area contributed by atoms with Gasteiger partial charge in [0.25, 0.3) is 0 Å². The van der Waals surface area contributed by atoms with Gasteiger partial charge in [0.05, 0.1) is 4.90 Å². The maximum absolute atomic E-state index is 11.3. The number of hydrogen-bond donors (Lipinski definition) is 2. The Morgan fingerprint density at radius 2 is 2.20 bits per heavy atom. The highest BCUT2D eigenvalue weighted by atomic mass is 32.2. The molecule has 2 rings (SSSR count). The van der Waals surface area contributed by atoms with E-state index in [1.54, 1.807) is 12.1 Å². The summed E-state index contributed by atoms with van der Waals surface area (Å²) in [6.45, 7) is 2.75. The smallest absolute Gasteiger partial charge is 0.238 e. The van der Waals surface area contributed by atoms with Gasteiger partial charge in [-0.15, -0.1) is 0 Å². The summed E-state index contributed by atoms with van der Waals surface area (Å²) >= 11 is 0. The summed E-state index contributed by atoms with van der Waals surface area (Å²) in [6.07, 6.45) is 3.79. The first-order chi connectivity index (χ1) is 9.47. The van der Waals surface area contributed by atoms with E-state index in [1.165, 1.54) is 25.3 Å². The van der Waals surface area contributed by atoms with E-state index in [0.29, 0.717) is 12.6 Å². The second kappa shape index (κ2) is 6.67. The van der Waals surface area contributed by atoms with Gasteiger partial charge < -0.3 is 10.2 Å². The third kappa shape index (κ3) is 4.28. The summed E-state index contributed by atoms with van der Waals surface area (Å²) in [5.41, 5.74) is 0.940. The Bertz CT molecular complexity index is 545. The van der Waals surface area contributed by atoms with Gasteiger partial charge >= 0.3 is 0 Å². The Labute approximate surface area is 121 Å². The topological polar surface area (TPSA) is 75.4 Å². The van der Waals surface area contributed by atoms with Crippen LogP contribution in [0.4, 0.5) is 0 Å². The number of nitrogens with two attached hydrogens (primary N) is 1. The third-order valence-corrected chi connectivity index (χ3v) is 4.77. The largest absolute Gasteiger partial charge is 0.311 e. The predicted molar refractivity (Wildman–Crippen MR) is 79.8 cm³/mol. The Morgan fingerprint density at radius 1 is 1.40 bits per heavy atom. The van der Waals surface area contributed by atoms with E-state index in [1.807, 2.05) is 6.07 Å². The predicted octanol–water partition coefficient (Wildman–Crippen LogP) is 0.908. The van der Waals surface area contributed by atoms with Crippen molar-refractivity contribution in [3.63, 3.8) is 0 Å². The van der Waals surface area contributed by atoms with E-state index < -0.39 is 10.0 Å². The van der Waals surface area contributed by atoms with Crippen LogP contribution in [-0.4, -0.2) is 39.5 Å². The molecule has 0 aliphatic carbocycles. The first-order valence-electron chi connectivity index (χ1n) is 6.99. The molecule has 20 heavy (non-hydrogen) atoms. The number of hydrogen-bond acceptors (Lipinski definition) is 4. The van der Waals surface area contributed by atoms with Gasteiger partial charge in [-0.05, 0) is 44.1 Å². The van der Waals surface area contributed by atoms with Crippen LogP contribution in [0.3, 0.4) is 0 Å². The molecule has 1 unspecified atom stereocenters. The molecule has 1 atom stereocenters. The summed E-state index contributed by atoms with van der Waals surface area (Å²) in [4.78, 5) is 2.56. The fourth-order valence-corrected chi connectivity index (χ4v) is 3.20. The highest BCUT2D eigenvalue weighted by molar-refractivity contribution is 7.89. The summed E-state index contributed by atoms with van der Waals surface area (Å²) in [5.74, 6) is 0. The number of nitrogens with zero attached hydrogens (tertiary/aromatic N) is 1. The van der Waals surface area contributed by atoms with Gasteiger partial charge in [0.15, 0.2) is 0 Å². The molecular formula is C14H23N3O2S. The molecule has 0 aromatic heterocycles. The molecule has 1 aliphatic heterocycles. The lowest BCUT2D eigenvalue weighted by Gasteiger charge is -2.32. The molecule has 1 heterocycles. The fraction of sp³-hybridized carbons (Fsp3) is 0.571. The third-order valence-electron chi connectivity index (χ3n) is 3.86. The van der Waals surface area contributed by atoms with Crippen molar-refractivity contribution in [3.05, 3.63) is 29.8 Å². The fourth-order valence-electron chi connectivity index (χ4n) is 2.62. The van der Waals surface area contributed by atoms with Gasteiger partial charge in [0.2, 0.25) is 10.0 Å². The highest BCUT2D eigenvalue weighted by Crippen LogP contribution is 2.14. The molecule has 1 saturated heterocycles. The van der Waals surface area contributed by atoms with Gasteiger partial charge in [-0.25, -0.2) is 13.6 Å². The van der Waals surface area contributed by atoms with E-state index >= 15 is 0 Å². The average Bonchev–Trinajstić information content (AvgIpc) is 2.40. The van der Waals surface area contributed by atoms with Crippen molar-refractivity contribution in [2.24, 2.45) is 5.14 Å². The summed E-state index contributed by atoms with van der Waals surface area (Å²) in [5, 5.41) is 8.54. The maximum Gasteiger partial charge on any atom is 0.238 e. The van der Waals surface area contributed by atoms with Crippen LogP contribution < -0.4 is 10.5 Å². The number of primary sulfonamides is 1. The van der Waals surface area contributed by atoms with Crippen LogP contribution in [0, 0.1) is 0 Å². The molecule has 1 fully saturated rings. The number of likely N-dealkylation sites (N-methyl/N-ethyl adjacent to an activating group) is 1. The van der Waals surface area contributed by atoms with Crippen LogP contribution in [0.5, 0.6) is 0 Å². The minimum atomic E-state index is -3.62. The van der Waals surface area contributed by atoms with Crippen molar-refractivity contribution in [2.75, 3.05) is 20.1 Å². The molecule has 6 heteroatoms. The Kier molecular flexibility index (Phi) is 5.15. The number of benzene rings is 1.